The number of pyridine rings is 1. The molecule has 25 heavy (non-hydrogen) atoms. The minimum absolute atomic E-state index is 0.180. The highest BCUT2D eigenvalue weighted by atomic mass is 79.9. The Labute approximate surface area is 160 Å². The van der Waals surface area contributed by atoms with E-state index in [9.17, 15) is 4.79 Å². The Balaban J connectivity index is 1.60. The number of carbonyl (C=O) groups excluding carboxylic acids is 1. The second-order valence-corrected chi connectivity index (χ2v) is 7.25. The van der Waals surface area contributed by atoms with Gasteiger partial charge < -0.3 is 15.0 Å². The van der Waals surface area contributed by atoms with E-state index in [2.05, 4.69) is 38.1 Å². The molecule has 0 bridgehead atoms. The van der Waals surface area contributed by atoms with Gasteiger partial charge in [0.2, 0.25) is 0 Å². The molecule has 1 fully saturated rings. The molecule has 2 heterocycles. The Morgan fingerprint density at radius 3 is 3.00 bits per heavy atom. The summed E-state index contributed by atoms with van der Waals surface area (Å²) < 4.78 is 6.26. The maximum Gasteiger partial charge on any atom is 0.252 e. The number of benzene rings is 1. The number of halogens is 2. The number of nitrogens with zero attached hydrogens (tertiary/aromatic N) is 2. The van der Waals surface area contributed by atoms with Gasteiger partial charge in [-0.25, -0.2) is 4.98 Å². The number of rotatable bonds is 4. The summed E-state index contributed by atoms with van der Waals surface area (Å²) in [6.07, 6.45) is 2.01. The van der Waals surface area contributed by atoms with Crippen molar-refractivity contribution in [2.45, 2.75) is 19.6 Å². The molecule has 2 aromatic rings. The number of anilines is 1. The van der Waals surface area contributed by atoms with Crippen LogP contribution in [0.3, 0.4) is 0 Å². The molecule has 1 aliphatic heterocycles. The van der Waals surface area contributed by atoms with Gasteiger partial charge >= 0.3 is 0 Å². The highest BCUT2D eigenvalue weighted by Crippen LogP contribution is 2.21. The van der Waals surface area contributed by atoms with E-state index < -0.39 is 0 Å². The van der Waals surface area contributed by atoms with Gasteiger partial charge in [-0.1, -0.05) is 17.7 Å². The minimum Gasteiger partial charge on any atom is -0.375 e. The van der Waals surface area contributed by atoms with Crippen molar-refractivity contribution in [2.75, 3.05) is 24.6 Å². The zero-order chi connectivity index (χ0) is 17.8. The van der Waals surface area contributed by atoms with Crippen LogP contribution in [0.15, 0.2) is 41.0 Å². The first kappa shape index (κ1) is 18.2. The van der Waals surface area contributed by atoms with Crippen molar-refractivity contribution in [1.82, 2.24) is 10.3 Å². The van der Waals surface area contributed by atoms with E-state index in [4.69, 9.17) is 16.3 Å². The topological polar surface area (TPSA) is 54.5 Å². The average molecular weight is 425 g/mol. The minimum atomic E-state index is -0.180. The van der Waals surface area contributed by atoms with Crippen LogP contribution < -0.4 is 10.2 Å². The molecular formula is C18H19BrClN3O2. The second kappa shape index (κ2) is 8.17. The van der Waals surface area contributed by atoms with Crippen LogP contribution in [-0.2, 0) is 11.3 Å². The van der Waals surface area contributed by atoms with Crippen LogP contribution in [0.5, 0.6) is 0 Å². The van der Waals surface area contributed by atoms with Crippen LogP contribution >= 0.6 is 27.5 Å². The Kier molecular flexibility index (Phi) is 5.93. The lowest BCUT2D eigenvalue weighted by atomic mass is 10.2. The summed E-state index contributed by atoms with van der Waals surface area (Å²) in [5.41, 5.74) is 1.45. The summed E-state index contributed by atoms with van der Waals surface area (Å²) >= 11 is 9.32. The van der Waals surface area contributed by atoms with Crippen molar-refractivity contribution >= 4 is 39.3 Å². The predicted octanol–water partition coefficient (Wildman–Crippen LogP) is 3.65. The second-order valence-electron chi connectivity index (χ2n) is 5.96. The summed E-state index contributed by atoms with van der Waals surface area (Å²) in [6.45, 7) is 4.87. The fourth-order valence-corrected chi connectivity index (χ4v) is 3.28. The summed E-state index contributed by atoms with van der Waals surface area (Å²) in [5.74, 6) is 0.753. The van der Waals surface area contributed by atoms with Crippen molar-refractivity contribution < 1.29 is 9.53 Å². The summed E-state index contributed by atoms with van der Waals surface area (Å²) in [6, 6.07) is 9.10. The first-order chi connectivity index (χ1) is 12.0. The molecule has 0 radical (unpaired) electrons. The van der Waals surface area contributed by atoms with Crippen molar-refractivity contribution in [3.63, 3.8) is 0 Å². The smallest absolute Gasteiger partial charge is 0.252 e. The van der Waals surface area contributed by atoms with Crippen LogP contribution in [0.4, 0.5) is 5.82 Å². The van der Waals surface area contributed by atoms with Crippen molar-refractivity contribution in [2.24, 2.45) is 0 Å². The van der Waals surface area contributed by atoms with Gasteiger partial charge in [-0.2, -0.15) is 0 Å². The molecule has 0 aliphatic carbocycles. The van der Waals surface area contributed by atoms with E-state index in [-0.39, 0.29) is 12.0 Å². The number of hydrogen-bond acceptors (Lipinski definition) is 4. The van der Waals surface area contributed by atoms with Crippen molar-refractivity contribution in [1.29, 1.82) is 0 Å². The lowest BCUT2D eigenvalue weighted by molar-refractivity contribution is 0.0529. The van der Waals surface area contributed by atoms with Crippen LogP contribution in [0.2, 0.25) is 5.02 Å². The van der Waals surface area contributed by atoms with Crippen molar-refractivity contribution in [3.05, 3.63) is 57.2 Å². The van der Waals surface area contributed by atoms with Gasteiger partial charge in [0.15, 0.2) is 0 Å². The number of morpholine rings is 1. The third-order valence-electron chi connectivity index (χ3n) is 4.00. The predicted molar refractivity (Wildman–Crippen MR) is 102 cm³/mol. The third kappa shape index (κ3) is 4.71. The Hall–Kier alpha value is -1.63. The fourth-order valence-electron chi connectivity index (χ4n) is 2.68. The van der Waals surface area contributed by atoms with E-state index in [0.29, 0.717) is 21.6 Å². The molecule has 1 atom stereocenters. The van der Waals surface area contributed by atoms with Gasteiger partial charge in [-0.15, -0.1) is 0 Å². The highest BCUT2D eigenvalue weighted by molar-refractivity contribution is 9.10. The lowest BCUT2D eigenvalue weighted by Gasteiger charge is -2.32. The molecule has 1 aliphatic rings. The largest absolute Gasteiger partial charge is 0.375 e. The fraction of sp³-hybridized carbons (Fsp3) is 0.333. The number of carbonyl (C=O) groups is 1. The molecule has 0 saturated carbocycles. The quantitative estimate of drug-likeness (QED) is 0.814. The standard InChI is InChI=1S/C18H19BrClN3O2/c1-12-11-23(6-7-25-12)17-5-2-13(9-21-17)10-22-18(24)15-8-14(20)3-4-16(15)19/h2-5,8-9,12H,6-7,10-11H2,1H3,(H,22,24). The molecule has 1 saturated heterocycles. The summed E-state index contributed by atoms with van der Waals surface area (Å²) in [7, 11) is 0. The van der Waals surface area contributed by atoms with Gasteiger partial charge in [0.05, 0.1) is 18.3 Å². The molecule has 0 spiro atoms. The van der Waals surface area contributed by atoms with E-state index in [1.165, 1.54) is 0 Å². The Bertz CT molecular complexity index is 754. The molecular weight excluding hydrogens is 406 g/mol. The van der Waals surface area contributed by atoms with E-state index in [0.717, 1.165) is 31.1 Å². The summed E-state index contributed by atoms with van der Waals surface area (Å²) in [5, 5.41) is 3.42. The van der Waals surface area contributed by atoms with Gasteiger partial charge in [0, 0.05) is 35.3 Å². The molecule has 1 aromatic heterocycles. The normalized spacial score (nSPS) is 17.4. The van der Waals surface area contributed by atoms with E-state index in [1.807, 2.05) is 12.1 Å². The summed E-state index contributed by atoms with van der Waals surface area (Å²) in [4.78, 5) is 19.0. The lowest BCUT2D eigenvalue weighted by Crippen LogP contribution is -2.41. The zero-order valence-corrected chi connectivity index (χ0v) is 16.2. The van der Waals surface area contributed by atoms with Crippen LogP contribution in [0, 0.1) is 0 Å². The van der Waals surface area contributed by atoms with Crippen molar-refractivity contribution in [3.8, 4) is 0 Å². The molecule has 1 aromatic carbocycles. The first-order valence-electron chi connectivity index (χ1n) is 8.07. The van der Waals surface area contributed by atoms with Crippen LogP contribution in [0.25, 0.3) is 0 Å². The van der Waals surface area contributed by atoms with Gasteiger partial charge in [0.1, 0.15) is 5.82 Å². The van der Waals surface area contributed by atoms with Crippen LogP contribution in [0.1, 0.15) is 22.8 Å². The zero-order valence-electron chi connectivity index (χ0n) is 13.8. The van der Waals surface area contributed by atoms with E-state index >= 15 is 0 Å². The number of hydrogen-bond donors (Lipinski definition) is 1. The molecule has 1 N–H and O–H groups in total. The third-order valence-corrected chi connectivity index (χ3v) is 4.93. The van der Waals surface area contributed by atoms with Gasteiger partial charge in [-0.05, 0) is 52.7 Å². The highest BCUT2D eigenvalue weighted by Gasteiger charge is 2.17. The maximum atomic E-state index is 12.3. The monoisotopic (exact) mass is 423 g/mol. The first-order valence-corrected chi connectivity index (χ1v) is 9.25. The average Bonchev–Trinajstić information content (AvgIpc) is 2.62. The maximum absolute atomic E-state index is 12.3. The van der Waals surface area contributed by atoms with Crippen LogP contribution in [-0.4, -0.2) is 36.7 Å². The molecule has 1 unspecified atom stereocenters. The number of amides is 1. The Morgan fingerprint density at radius 2 is 2.28 bits per heavy atom. The molecule has 132 valence electrons. The number of aromatic nitrogens is 1. The van der Waals surface area contributed by atoms with Gasteiger partial charge in [-0.3, -0.25) is 4.79 Å². The van der Waals surface area contributed by atoms with E-state index in [1.54, 1.807) is 24.4 Å². The SMILES string of the molecule is CC1CN(c2ccc(CNC(=O)c3cc(Cl)ccc3Br)cn2)CCO1. The molecule has 7 heteroatoms. The number of ether oxygens (including phenoxy) is 1. The Morgan fingerprint density at radius 1 is 1.44 bits per heavy atom. The number of nitrogens with one attached hydrogen (secondary N) is 1. The molecule has 5 nitrogen and oxygen atoms in total. The molecule has 1 amide bonds. The molecule has 3 rings (SSSR count). The van der Waals surface area contributed by atoms with Gasteiger partial charge in [0.25, 0.3) is 5.91 Å².